The van der Waals surface area contributed by atoms with Crippen molar-refractivity contribution in [2.75, 3.05) is 13.1 Å². The number of aryl methyl sites for hydroxylation is 1. The molecule has 0 spiro atoms. The number of rotatable bonds is 9. The molecule has 0 bridgehead atoms. The van der Waals surface area contributed by atoms with Crippen molar-refractivity contribution in [1.29, 1.82) is 0 Å². The van der Waals surface area contributed by atoms with Gasteiger partial charge in [-0.2, -0.15) is 0 Å². The third kappa shape index (κ3) is 6.53. The van der Waals surface area contributed by atoms with Crippen LogP contribution in [0, 0.1) is 12.8 Å². The molecule has 2 aromatic carbocycles. The van der Waals surface area contributed by atoms with Gasteiger partial charge in [-0.3, -0.25) is 9.59 Å². The second kappa shape index (κ2) is 10.9. The number of benzene rings is 2. The Balaban J connectivity index is 1.81. The van der Waals surface area contributed by atoms with Gasteiger partial charge in [0.25, 0.3) is 5.91 Å². The molecule has 1 heterocycles. The van der Waals surface area contributed by atoms with Crippen LogP contribution >= 0.6 is 11.3 Å². The van der Waals surface area contributed by atoms with Gasteiger partial charge in [0.2, 0.25) is 5.91 Å². The maximum Gasteiger partial charge on any atom is 0.254 e. The van der Waals surface area contributed by atoms with Crippen LogP contribution in [-0.4, -0.2) is 34.7 Å². The summed E-state index contributed by atoms with van der Waals surface area (Å²) in [5.74, 6) is 0.136. The summed E-state index contributed by atoms with van der Waals surface area (Å²) in [6.45, 7) is 7.73. The summed E-state index contributed by atoms with van der Waals surface area (Å²) >= 11 is 1.64. The summed E-state index contributed by atoms with van der Waals surface area (Å²) in [4.78, 5) is 31.4. The molecule has 5 heteroatoms. The topological polar surface area (TPSA) is 40.6 Å². The van der Waals surface area contributed by atoms with Gasteiger partial charge in [0.15, 0.2) is 0 Å². The number of carbonyl (C=O) groups excluding carboxylic acids is 2. The van der Waals surface area contributed by atoms with Crippen LogP contribution < -0.4 is 0 Å². The van der Waals surface area contributed by atoms with Crippen LogP contribution in [0.2, 0.25) is 0 Å². The Bertz CT molecular complexity index is 984. The highest BCUT2D eigenvalue weighted by atomic mass is 32.1. The van der Waals surface area contributed by atoms with Crippen molar-refractivity contribution in [2.45, 2.75) is 33.9 Å². The molecule has 0 atom stereocenters. The molecule has 162 valence electrons. The average molecular weight is 435 g/mol. The van der Waals surface area contributed by atoms with Crippen molar-refractivity contribution < 1.29 is 9.59 Å². The lowest BCUT2D eigenvalue weighted by molar-refractivity contribution is -0.133. The minimum absolute atomic E-state index is 0.0418. The monoisotopic (exact) mass is 434 g/mol. The largest absolute Gasteiger partial charge is 0.332 e. The van der Waals surface area contributed by atoms with Gasteiger partial charge >= 0.3 is 0 Å². The van der Waals surface area contributed by atoms with Gasteiger partial charge in [-0.05, 0) is 41.5 Å². The van der Waals surface area contributed by atoms with E-state index in [0.717, 1.165) is 16.0 Å². The van der Waals surface area contributed by atoms with Gasteiger partial charge in [-0.25, -0.2) is 0 Å². The molecule has 0 aliphatic rings. The Morgan fingerprint density at radius 1 is 0.871 bits per heavy atom. The lowest BCUT2D eigenvalue weighted by Crippen LogP contribution is -2.44. The lowest BCUT2D eigenvalue weighted by atomic mass is 10.1. The maximum absolute atomic E-state index is 13.4. The van der Waals surface area contributed by atoms with Crippen LogP contribution in [-0.2, 0) is 17.9 Å². The number of hydrogen-bond donors (Lipinski definition) is 0. The third-order valence-electron chi connectivity index (χ3n) is 5.07. The highest BCUT2D eigenvalue weighted by Crippen LogP contribution is 2.17. The molecule has 0 saturated heterocycles. The Labute approximate surface area is 189 Å². The Morgan fingerprint density at radius 3 is 2.23 bits per heavy atom. The molecule has 0 unspecified atom stereocenters. The average Bonchev–Trinajstić information content (AvgIpc) is 3.26. The van der Waals surface area contributed by atoms with Gasteiger partial charge in [-0.1, -0.05) is 68.4 Å². The molecule has 1 aromatic heterocycles. The predicted octanol–water partition coefficient (Wildman–Crippen LogP) is 5.38. The van der Waals surface area contributed by atoms with E-state index in [-0.39, 0.29) is 24.3 Å². The molecule has 2 amide bonds. The molecule has 0 radical (unpaired) electrons. The fourth-order valence-electron chi connectivity index (χ4n) is 3.53. The summed E-state index contributed by atoms with van der Waals surface area (Å²) < 4.78 is 0. The van der Waals surface area contributed by atoms with Crippen molar-refractivity contribution in [1.82, 2.24) is 9.80 Å². The highest BCUT2D eigenvalue weighted by Gasteiger charge is 2.24. The van der Waals surface area contributed by atoms with E-state index >= 15 is 0 Å². The first-order chi connectivity index (χ1) is 14.9. The quantitative estimate of drug-likeness (QED) is 0.453. The van der Waals surface area contributed by atoms with Crippen LogP contribution in [0.4, 0.5) is 0 Å². The molecule has 4 nitrogen and oxygen atoms in total. The SMILES string of the molecule is Cc1ccccc1C(=O)N(CC(=O)N(Cc1ccccc1)Cc1cccs1)CC(C)C. The van der Waals surface area contributed by atoms with E-state index in [1.54, 1.807) is 16.2 Å². The zero-order valence-electron chi connectivity index (χ0n) is 18.5. The first-order valence-corrected chi connectivity index (χ1v) is 11.5. The van der Waals surface area contributed by atoms with Gasteiger partial charge in [0.05, 0.1) is 6.54 Å². The standard InChI is InChI=1S/C26H30N2O2S/c1-20(2)16-28(26(30)24-14-8-7-10-21(24)3)19-25(29)27(18-23-13-9-15-31-23)17-22-11-5-4-6-12-22/h4-15,20H,16-19H2,1-3H3. The zero-order chi connectivity index (χ0) is 22.2. The number of thiophene rings is 1. The highest BCUT2D eigenvalue weighted by molar-refractivity contribution is 7.09. The van der Waals surface area contributed by atoms with Crippen molar-refractivity contribution in [3.63, 3.8) is 0 Å². The first kappa shape index (κ1) is 22.8. The maximum atomic E-state index is 13.4. The number of amides is 2. The summed E-state index contributed by atoms with van der Waals surface area (Å²) in [6.07, 6.45) is 0. The minimum Gasteiger partial charge on any atom is -0.332 e. The van der Waals surface area contributed by atoms with E-state index in [9.17, 15) is 9.59 Å². The Morgan fingerprint density at radius 2 is 1.58 bits per heavy atom. The van der Waals surface area contributed by atoms with Crippen LogP contribution in [0.5, 0.6) is 0 Å². The van der Waals surface area contributed by atoms with Gasteiger partial charge in [-0.15, -0.1) is 11.3 Å². The molecule has 31 heavy (non-hydrogen) atoms. The van der Waals surface area contributed by atoms with E-state index in [1.807, 2.05) is 83.9 Å². The van der Waals surface area contributed by atoms with Crippen molar-refractivity contribution in [2.24, 2.45) is 5.92 Å². The van der Waals surface area contributed by atoms with E-state index in [4.69, 9.17) is 0 Å². The molecule has 0 fully saturated rings. The number of nitrogens with zero attached hydrogens (tertiary/aromatic N) is 2. The summed E-state index contributed by atoms with van der Waals surface area (Å²) in [7, 11) is 0. The molecular weight excluding hydrogens is 404 g/mol. The number of carbonyl (C=O) groups is 2. The summed E-state index contributed by atoms with van der Waals surface area (Å²) in [5.41, 5.74) is 2.66. The molecule has 0 saturated carbocycles. The van der Waals surface area contributed by atoms with Gasteiger partial charge in [0, 0.05) is 23.5 Å². The molecule has 3 rings (SSSR count). The van der Waals surface area contributed by atoms with E-state index in [0.29, 0.717) is 25.2 Å². The predicted molar refractivity (Wildman–Crippen MR) is 127 cm³/mol. The fourth-order valence-corrected chi connectivity index (χ4v) is 4.25. The van der Waals surface area contributed by atoms with Crippen LogP contribution in [0.3, 0.4) is 0 Å². The number of hydrogen-bond acceptors (Lipinski definition) is 3. The Hall–Kier alpha value is -2.92. The van der Waals surface area contributed by atoms with Crippen LogP contribution in [0.1, 0.15) is 40.2 Å². The fraction of sp³-hybridized carbons (Fsp3) is 0.308. The summed E-state index contributed by atoms with van der Waals surface area (Å²) in [6, 6.07) is 21.6. The van der Waals surface area contributed by atoms with Gasteiger partial charge < -0.3 is 9.80 Å². The van der Waals surface area contributed by atoms with Crippen molar-refractivity contribution in [3.8, 4) is 0 Å². The molecule has 3 aromatic rings. The molecule has 0 N–H and O–H groups in total. The first-order valence-electron chi connectivity index (χ1n) is 10.6. The second-order valence-electron chi connectivity index (χ2n) is 8.21. The molecular formula is C26H30N2O2S. The van der Waals surface area contributed by atoms with Crippen LogP contribution in [0.25, 0.3) is 0 Å². The van der Waals surface area contributed by atoms with Crippen molar-refractivity contribution >= 4 is 23.2 Å². The smallest absolute Gasteiger partial charge is 0.254 e. The lowest BCUT2D eigenvalue weighted by Gasteiger charge is -2.29. The van der Waals surface area contributed by atoms with E-state index in [2.05, 4.69) is 13.8 Å². The molecule has 0 aliphatic heterocycles. The minimum atomic E-state index is -0.0871. The zero-order valence-corrected chi connectivity index (χ0v) is 19.3. The summed E-state index contributed by atoms with van der Waals surface area (Å²) in [5, 5.41) is 2.02. The van der Waals surface area contributed by atoms with Crippen LogP contribution in [0.15, 0.2) is 72.1 Å². The van der Waals surface area contributed by atoms with Crippen molar-refractivity contribution in [3.05, 3.63) is 93.7 Å². The van der Waals surface area contributed by atoms with Gasteiger partial charge in [0.1, 0.15) is 6.54 Å². The second-order valence-corrected chi connectivity index (χ2v) is 9.24. The molecule has 0 aliphatic carbocycles. The normalized spacial score (nSPS) is 10.8. The Kier molecular flexibility index (Phi) is 8.01. The third-order valence-corrected chi connectivity index (χ3v) is 5.93. The van der Waals surface area contributed by atoms with E-state index < -0.39 is 0 Å². The van der Waals surface area contributed by atoms with E-state index in [1.165, 1.54) is 0 Å².